The smallest absolute Gasteiger partial charge is 0.270 e. The Kier molecular flexibility index (Phi) is 5.51. The lowest BCUT2D eigenvalue weighted by atomic mass is 10.1. The van der Waals surface area contributed by atoms with Crippen molar-refractivity contribution in [1.82, 2.24) is 35.2 Å². The lowest BCUT2D eigenvalue weighted by Gasteiger charge is -2.12. The zero-order valence-electron chi connectivity index (χ0n) is 18.8. The molecule has 0 atom stereocenters. The van der Waals surface area contributed by atoms with Crippen LogP contribution in [0.15, 0.2) is 73.2 Å². The van der Waals surface area contributed by atoms with Crippen molar-refractivity contribution >= 4 is 33.9 Å². The van der Waals surface area contributed by atoms with Crippen LogP contribution in [0.4, 0.5) is 0 Å². The van der Waals surface area contributed by atoms with Gasteiger partial charge in [0.2, 0.25) is 0 Å². The van der Waals surface area contributed by atoms with Gasteiger partial charge < -0.3 is 4.57 Å². The highest BCUT2D eigenvalue weighted by Crippen LogP contribution is 2.26. The fraction of sp³-hybridized carbons (Fsp3) is 0.160. The molecule has 2 aromatic carbocycles. The van der Waals surface area contributed by atoms with Gasteiger partial charge in [-0.3, -0.25) is 20.4 Å². The number of nitrogens with one attached hydrogen (secondary N) is 2. The number of amides is 2. The van der Waals surface area contributed by atoms with Crippen LogP contribution in [0.25, 0.3) is 33.3 Å². The molecule has 5 aromatic rings. The number of carbonyl (C=O) groups excluding carboxylic acids is 2. The number of benzene rings is 2. The van der Waals surface area contributed by atoms with E-state index >= 15 is 0 Å². The number of imidazole rings is 1. The topological polar surface area (TPSA) is 107 Å². The van der Waals surface area contributed by atoms with E-state index in [0.717, 1.165) is 16.6 Å². The van der Waals surface area contributed by atoms with Crippen LogP contribution in [-0.2, 0) is 11.3 Å². The maximum absolute atomic E-state index is 13.1. The maximum Gasteiger partial charge on any atom is 0.270 e. The lowest BCUT2D eigenvalue weighted by molar-refractivity contribution is -0.122. The summed E-state index contributed by atoms with van der Waals surface area (Å²) in [5.41, 5.74) is 9.19. The first-order valence-electron chi connectivity index (χ1n) is 10.9. The van der Waals surface area contributed by atoms with E-state index in [2.05, 4.69) is 20.9 Å². The van der Waals surface area contributed by atoms with Gasteiger partial charge in [-0.2, -0.15) is 5.10 Å². The zero-order valence-corrected chi connectivity index (χ0v) is 18.8. The Hall–Kier alpha value is -4.53. The van der Waals surface area contributed by atoms with Crippen LogP contribution in [0.5, 0.6) is 0 Å². The fourth-order valence-electron chi connectivity index (χ4n) is 3.86. The number of pyridine rings is 1. The number of fused-ring (bicyclic) bond motifs is 2. The normalized spacial score (nSPS) is 11.3. The molecular weight excluding hydrogens is 430 g/mol. The summed E-state index contributed by atoms with van der Waals surface area (Å²) in [6.07, 6.45) is 3.23. The van der Waals surface area contributed by atoms with E-state index in [4.69, 9.17) is 4.98 Å². The monoisotopic (exact) mass is 453 g/mol. The number of rotatable bonds is 5. The van der Waals surface area contributed by atoms with Gasteiger partial charge in [-0.15, -0.1) is 0 Å². The molecule has 2 N–H and O–H groups in total. The Morgan fingerprint density at radius 3 is 2.56 bits per heavy atom. The average molecular weight is 454 g/mol. The molecule has 5 rings (SSSR count). The number of hydrogen-bond acceptors (Lipinski definition) is 5. The largest absolute Gasteiger partial charge is 0.321 e. The van der Waals surface area contributed by atoms with Crippen LogP contribution in [0.1, 0.15) is 30.2 Å². The molecule has 0 aliphatic rings. The van der Waals surface area contributed by atoms with E-state index < -0.39 is 5.91 Å². The van der Waals surface area contributed by atoms with Crippen LogP contribution < -0.4 is 10.9 Å². The minimum absolute atomic E-state index is 0.0209. The fourth-order valence-corrected chi connectivity index (χ4v) is 3.86. The van der Waals surface area contributed by atoms with Crippen molar-refractivity contribution in [3.63, 3.8) is 0 Å². The van der Waals surface area contributed by atoms with Crippen molar-refractivity contribution in [2.24, 2.45) is 0 Å². The Balaban J connectivity index is 1.40. The van der Waals surface area contributed by atoms with E-state index in [9.17, 15) is 9.59 Å². The quantitative estimate of drug-likeness (QED) is 0.396. The number of aromatic nitrogens is 5. The van der Waals surface area contributed by atoms with Gasteiger partial charge in [0.25, 0.3) is 11.8 Å². The Morgan fingerprint density at radius 2 is 1.76 bits per heavy atom. The molecule has 0 saturated carbocycles. The molecule has 0 radical (unpaired) electrons. The van der Waals surface area contributed by atoms with Crippen LogP contribution in [0.3, 0.4) is 0 Å². The molecule has 0 saturated heterocycles. The predicted molar refractivity (Wildman–Crippen MR) is 129 cm³/mol. The van der Waals surface area contributed by atoms with Crippen molar-refractivity contribution in [2.75, 3.05) is 0 Å². The van der Waals surface area contributed by atoms with Gasteiger partial charge in [-0.1, -0.05) is 42.5 Å². The van der Waals surface area contributed by atoms with E-state index in [-0.39, 0.29) is 18.5 Å². The molecule has 170 valence electrons. The molecule has 9 heteroatoms. The summed E-state index contributed by atoms with van der Waals surface area (Å²) in [6.45, 7) is 4.03. The van der Waals surface area contributed by atoms with Gasteiger partial charge in [-0.25, -0.2) is 14.6 Å². The zero-order chi connectivity index (χ0) is 23.7. The molecule has 34 heavy (non-hydrogen) atoms. The number of hydrazine groups is 1. The first-order chi connectivity index (χ1) is 16.5. The Morgan fingerprint density at radius 1 is 1.00 bits per heavy atom. The van der Waals surface area contributed by atoms with Gasteiger partial charge in [0, 0.05) is 11.6 Å². The van der Waals surface area contributed by atoms with Crippen molar-refractivity contribution < 1.29 is 9.59 Å². The standard InChI is InChI=1S/C25H23N7O2/c1-16(2)32-24-19(13-27-32)18(12-21(28-24)17-8-4-3-5-9-17)25(34)30-29-23(33)14-31-15-26-20-10-6-7-11-22(20)31/h3-13,15-16H,14H2,1-2H3,(H,29,33)(H,30,34). The van der Waals surface area contributed by atoms with E-state index in [1.807, 2.05) is 68.4 Å². The second-order valence-corrected chi connectivity index (χ2v) is 8.20. The summed E-state index contributed by atoms with van der Waals surface area (Å²) in [4.78, 5) is 34.7. The molecule has 0 aliphatic heterocycles. The first kappa shape index (κ1) is 21.3. The third-order valence-electron chi connectivity index (χ3n) is 5.53. The summed E-state index contributed by atoms with van der Waals surface area (Å²) < 4.78 is 3.50. The van der Waals surface area contributed by atoms with Crippen molar-refractivity contribution in [3.05, 3.63) is 78.8 Å². The number of nitrogens with zero attached hydrogens (tertiary/aromatic N) is 5. The van der Waals surface area contributed by atoms with Gasteiger partial charge in [-0.05, 0) is 32.0 Å². The summed E-state index contributed by atoms with van der Waals surface area (Å²) in [7, 11) is 0. The molecule has 0 bridgehead atoms. The molecule has 0 spiro atoms. The lowest BCUT2D eigenvalue weighted by Crippen LogP contribution is -2.43. The van der Waals surface area contributed by atoms with E-state index in [0.29, 0.717) is 22.3 Å². The summed E-state index contributed by atoms with van der Waals surface area (Å²) >= 11 is 0. The number of carbonyl (C=O) groups is 2. The SMILES string of the molecule is CC(C)n1ncc2c(C(=O)NNC(=O)Cn3cnc4ccccc43)cc(-c3ccccc3)nc21. The molecule has 9 nitrogen and oxygen atoms in total. The van der Waals surface area contributed by atoms with Crippen LogP contribution in [0, 0.1) is 0 Å². The maximum atomic E-state index is 13.1. The molecule has 3 heterocycles. The van der Waals surface area contributed by atoms with Crippen LogP contribution >= 0.6 is 0 Å². The van der Waals surface area contributed by atoms with Crippen molar-refractivity contribution in [3.8, 4) is 11.3 Å². The molecule has 0 aliphatic carbocycles. The Bertz CT molecular complexity index is 1500. The molecule has 3 aromatic heterocycles. The van der Waals surface area contributed by atoms with Crippen LogP contribution in [-0.4, -0.2) is 36.1 Å². The summed E-state index contributed by atoms with van der Waals surface area (Å²) in [5, 5.41) is 5.04. The van der Waals surface area contributed by atoms with Crippen molar-refractivity contribution in [1.29, 1.82) is 0 Å². The van der Waals surface area contributed by atoms with Crippen LogP contribution in [0.2, 0.25) is 0 Å². The number of para-hydroxylation sites is 2. The van der Waals surface area contributed by atoms with E-state index in [1.165, 1.54) is 0 Å². The summed E-state index contributed by atoms with van der Waals surface area (Å²) in [6, 6.07) is 18.9. The summed E-state index contributed by atoms with van der Waals surface area (Å²) in [5.74, 6) is -0.820. The van der Waals surface area contributed by atoms with Gasteiger partial charge in [0.1, 0.15) is 6.54 Å². The second kappa shape index (κ2) is 8.78. The van der Waals surface area contributed by atoms with Gasteiger partial charge >= 0.3 is 0 Å². The highest BCUT2D eigenvalue weighted by Gasteiger charge is 2.19. The van der Waals surface area contributed by atoms with Gasteiger partial charge in [0.05, 0.1) is 40.2 Å². The molecule has 0 fully saturated rings. The van der Waals surface area contributed by atoms with Gasteiger partial charge in [0.15, 0.2) is 5.65 Å². The third kappa shape index (κ3) is 3.99. The third-order valence-corrected chi connectivity index (χ3v) is 5.53. The highest BCUT2D eigenvalue weighted by atomic mass is 16.2. The molecule has 0 unspecified atom stereocenters. The Labute approximate surface area is 195 Å². The predicted octanol–water partition coefficient (Wildman–Crippen LogP) is 3.49. The minimum Gasteiger partial charge on any atom is -0.321 e. The molecular formula is C25H23N7O2. The number of hydrogen-bond donors (Lipinski definition) is 2. The highest BCUT2D eigenvalue weighted by molar-refractivity contribution is 6.07. The minimum atomic E-state index is -0.447. The molecule has 2 amide bonds. The first-order valence-corrected chi connectivity index (χ1v) is 10.9. The van der Waals surface area contributed by atoms with Crippen molar-refractivity contribution in [2.45, 2.75) is 26.4 Å². The average Bonchev–Trinajstić information content (AvgIpc) is 3.47. The van der Waals surface area contributed by atoms with E-state index in [1.54, 1.807) is 27.8 Å². The second-order valence-electron chi connectivity index (χ2n) is 8.20.